The molecule has 0 amide bonds. The van der Waals surface area contributed by atoms with Gasteiger partial charge in [0.2, 0.25) is 0 Å². The molecule has 0 fully saturated rings. The smallest absolute Gasteiger partial charge is 0.0353 e. The van der Waals surface area contributed by atoms with Gasteiger partial charge in [0, 0.05) is 11.9 Å². The van der Waals surface area contributed by atoms with Gasteiger partial charge in [0.25, 0.3) is 0 Å². The lowest BCUT2D eigenvalue weighted by Crippen LogP contribution is -1.87. The fraction of sp³-hybridized carbons (Fsp3) is 0.571. The second kappa shape index (κ2) is 3.42. The summed E-state index contributed by atoms with van der Waals surface area (Å²) < 4.78 is 0. The predicted molar refractivity (Wildman–Crippen MR) is 38.1 cm³/mol. The van der Waals surface area contributed by atoms with Gasteiger partial charge in [-0.1, -0.05) is 20.4 Å². The van der Waals surface area contributed by atoms with Crippen LogP contribution in [0, 0.1) is 5.92 Å². The van der Waals surface area contributed by atoms with Gasteiger partial charge < -0.3 is 0 Å². The SMILES string of the molecule is C=C(N=CC)C(C)C. The van der Waals surface area contributed by atoms with Crippen molar-refractivity contribution in [2.75, 3.05) is 0 Å². The summed E-state index contributed by atoms with van der Waals surface area (Å²) in [6, 6.07) is 0. The third-order valence-electron chi connectivity index (χ3n) is 0.961. The Labute approximate surface area is 51.1 Å². The van der Waals surface area contributed by atoms with Gasteiger partial charge in [0.15, 0.2) is 0 Å². The normalized spacial score (nSPS) is 11.0. The van der Waals surface area contributed by atoms with Crippen LogP contribution in [0.4, 0.5) is 0 Å². The largest absolute Gasteiger partial charge is 0.266 e. The van der Waals surface area contributed by atoms with Gasteiger partial charge >= 0.3 is 0 Å². The van der Waals surface area contributed by atoms with Gasteiger partial charge in [-0.15, -0.1) is 0 Å². The summed E-state index contributed by atoms with van der Waals surface area (Å²) >= 11 is 0. The molecule has 0 aromatic rings. The second-order valence-electron chi connectivity index (χ2n) is 2.03. The van der Waals surface area contributed by atoms with Crippen molar-refractivity contribution in [2.24, 2.45) is 10.9 Å². The monoisotopic (exact) mass is 111 g/mol. The first-order valence-corrected chi connectivity index (χ1v) is 2.86. The minimum Gasteiger partial charge on any atom is -0.266 e. The molecule has 0 N–H and O–H groups in total. The van der Waals surface area contributed by atoms with Crippen LogP contribution >= 0.6 is 0 Å². The highest BCUT2D eigenvalue weighted by molar-refractivity contribution is 5.55. The Morgan fingerprint density at radius 2 is 2.12 bits per heavy atom. The number of aliphatic imine (C=N–C) groups is 1. The highest BCUT2D eigenvalue weighted by atomic mass is 14.7. The van der Waals surface area contributed by atoms with E-state index in [1.54, 1.807) is 6.21 Å². The predicted octanol–water partition coefficient (Wildman–Crippen LogP) is 2.25. The van der Waals surface area contributed by atoms with E-state index in [4.69, 9.17) is 0 Å². The first-order valence-electron chi connectivity index (χ1n) is 2.86. The Hall–Kier alpha value is -0.590. The maximum absolute atomic E-state index is 4.00. The molecule has 0 aromatic heterocycles. The molecule has 0 saturated heterocycles. The first-order chi connectivity index (χ1) is 3.68. The van der Waals surface area contributed by atoms with Crippen LogP contribution in [0.3, 0.4) is 0 Å². The third-order valence-corrected chi connectivity index (χ3v) is 0.961. The highest BCUT2D eigenvalue weighted by Gasteiger charge is 1.93. The van der Waals surface area contributed by atoms with E-state index >= 15 is 0 Å². The van der Waals surface area contributed by atoms with Gasteiger partial charge in [0.1, 0.15) is 0 Å². The van der Waals surface area contributed by atoms with Gasteiger partial charge in [-0.3, -0.25) is 4.99 Å². The van der Waals surface area contributed by atoms with Crippen LogP contribution in [0.25, 0.3) is 0 Å². The fourth-order valence-corrected chi connectivity index (χ4v) is 0.315. The summed E-state index contributed by atoms with van der Waals surface area (Å²) in [4.78, 5) is 4.00. The second-order valence-corrected chi connectivity index (χ2v) is 2.03. The van der Waals surface area contributed by atoms with Crippen molar-refractivity contribution in [1.29, 1.82) is 0 Å². The van der Waals surface area contributed by atoms with E-state index < -0.39 is 0 Å². The molecule has 46 valence electrons. The molecule has 8 heavy (non-hydrogen) atoms. The molecule has 0 rings (SSSR count). The maximum atomic E-state index is 4.00. The number of hydrogen-bond acceptors (Lipinski definition) is 1. The van der Waals surface area contributed by atoms with Crippen molar-refractivity contribution < 1.29 is 0 Å². The molecule has 1 heteroatoms. The van der Waals surface area contributed by atoms with Crippen LogP contribution in [0.2, 0.25) is 0 Å². The average Bonchev–Trinajstić information content (AvgIpc) is 1.67. The Morgan fingerprint density at radius 1 is 1.62 bits per heavy atom. The number of rotatable bonds is 2. The molecule has 0 aliphatic rings. The van der Waals surface area contributed by atoms with E-state index in [2.05, 4.69) is 25.4 Å². The molecular weight excluding hydrogens is 98.1 g/mol. The Kier molecular flexibility index (Phi) is 3.16. The third kappa shape index (κ3) is 2.56. The molecular formula is C7H13N. The van der Waals surface area contributed by atoms with E-state index in [0.29, 0.717) is 5.92 Å². The van der Waals surface area contributed by atoms with Crippen LogP contribution < -0.4 is 0 Å². The molecule has 0 radical (unpaired) electrons. The van der Waals surface area contributed by atoms with E-state index in [-0.39, 0.29) is 0 Å². The van der Waals surface area contributed by atoms with Gasteiger partial charge in [-0.2, -0.15) is 0 Å². The van der Waals surface area contributed by atoms with E-state index in [0.717, 1.165) is 5.70 Å². The van der Waals surface area contributed by atoms with Crippen molar-refractivity contribution in [3.05, 3.63) is 12.3 Å². The van der Waals surface area contributed by atoms with Gasteiger partial charge in [0.05, 0.1) is 0 Å². The molecule has 0 unspecified atom stereocenters. The minimum absolute atomic E-state index is 0.478. The number of nitrogens with zero attached hydrogens (tertiary/aromatic N) is 1. The van der Waals surface area contributed by atoms with Crippen molar-refractivity contribution in [1.82, 2.24) is 0 Å². The van der Waals surface area contributed by atoms with Gasteiger partial charge in [-0.05, 0) is 12.8 Å². The van der Waals surface area contributed by atoms with Crippen LogP contribution in [-0.2, 0) is 0 Å². The van der Waals surface area contributed by atoms with Crippen LogP contribution in [-0.4, -0.2) is 6.21 Å². The summed E-state index contributed by atoms with van der Waals surface area (Å²) in [5.74, 6) is 0.478. The van der Waals surface area contributed by atoms with Crippen LogP contribution in [0.5, 0.6) is 0 Å². The summed E-state index contributed by atoms with van der Waals surface area (Å²) in [6.07, 6.45) is 1.77. The highest BCUT2D eigenvalue weighted by Crippen LogP contribution is 2.05. The molecule has 0 spiro atoms. The topological polar surface area (TPSA) is 12.4 Å². The van der Waals surface area contributed by atoms with E-state index in [1.165, 1.54) is 0 Å². The van der Waals surface area contributed by atoms with Crippen molar-refractivity contribution in [3.63, 3.8) is 0 Å². The zero-order valence-corrected chi connectivity index (χ0v) is 5.81. The van der Waals surface area contributed by atoms with Crippen LogP contribution in [0.15, 0.2) is 17.3 Å². The standard InChI is InChI=1S/C7H13N/c1-5-8-7(4)6(2)3/h5-6H,4H2,1-3H3. The average molecular weight is 111 g/mol. The van der Waals surface area contributed by atoms with Crippen molar-refractivity contribution >= 4 is 6.21 Å². The van der Waals surface area contributed by atoms with Gasteiger partial charge in [-0.25, -0.2) is 0 Å². The minimum atomic E-state index is 0.478. The quantitative estimate of drug-likeness (QED) is 0.484. The van der Waals surface area contributed by atoms with Crippen LogP contribution in [0.1, 0.15) is 20.8 Å². The van der Waals surface area contributed by atoms with Crippen molar-refractivity contribution in [2.45, 2.75) is 20.8 Å². The molecule has 0 saturated carbocycles. The molecule has 0 atom stereocenters. The summed E-state index contributed by atoms with van der Waals surface area (Å²) in [5.41, 5.74) is 0.951. The molecule has 0 heterocycles. The molecule has 0 bridgehead atoms. The fourth-order valence-electron chi connectivity index (χ4n) is 0.315. The zero-order chi connectivity index (χ0) is 6.57. The molecule has 1 nitrogen and oxygen atoms in total. The summed E-state index contributed by atoms with van der Waals surface area (Å²) in [7, 11) is 0. The summed E-state index contributed by atoms with van der Waals surface area (Å²) in [6.45, 7) is 9.80. The lowest BCUT2D eigenvalue weighted by molar-refractivity contribution is 0.763. The van der Waals surface area contributed by atoms with E-state index in [9.17, 15) is 0 Å². The maximum Gasteiger partial charge on any atom is 0.0353 e. The lowest BCUT2D eigenvalue weighted by Gasteiger charge is -1.99. The first kappa shape index (κ1) is 7.41. The number of allylic oxidation sites excluding steroid dienone is 1. The van der Waals surface area contributed by atoms with E-state index in [1.807, 2.05) is 6.92 Å². The summed E-state index contributed by atoms with van der Waals surface area (Å²) in [5, 5.41) is 0. The Morgan fingerprint density at radius 3 is 2.25 bits per heavy atom. The molecule has 0 aromatic carbocycles. The molecule has 0 aliphatic carbocycles. The Bertz CT molecular complexity index is 101. The lowest BCUT2D eigenvalue weighted by atomic mass is 10.2. The Balaban J connectivity index is 3.66. The number of hydrogen-bond donors (Lipinski definition) is 0. The van der Waals surface area contributed by atoms with Crippen molar-refractivity contribution in [3.8, 4) is 0 Å². The molecule has 0 aliphatic heterocycles. The zero-order valence-electron chi connectivity index (χ0n) is 5.81.